The molecule has 0 radical (unpaired) electrons. The zero-order valence-corrected chi connectivity index (χ0v) is 11.9. The summed E-state index contributed by atoms with van der Waals surface area (Å²) in [5, 5.41) is 9.47. The third-order valence-electron chi connectivity index (χ3n) is 6.57. The van der Waals surface area contributed by atoms with E-state index in [0.717, 1.165) is 23.7 Å². The maximum absolute atomic E-state index is 11.5. The average Bonchev–Trinajstić information content (AvgIpc) is 2.26. The Kier molecular flexibility index (Phi) is 2.76. The van der Waals surface area contributed by atoms with Crippen molar-refractivity contribution in [1.29, 1.82) is 0 Å². The van der Waals surface area contributed by atoms with E-state index in [1.54, 1.807) is 0 Å². The lowest BCUT2D eigenvalue weighted by Crippen LogP contribution is -2.50. The lowest BCUT2D eigenvalue weighted by Gasteiger charge is -2.57. The largest absolute Gasteiger partial charge is 0.481 e. The Bertz CT molecular complexity index is 330. The van der Waals surface area contributed by atoms with Gasteiger partial charge in [-0.3, -0.25) is 4.79 Å². The molecule has 4 saturated carbocycles. The van der Waals surface area contributed by atoms with Gasteiger partial charge in [-0.25, -0.2) is 0 Å². The van der Waals surface area contributed by atoms with Gasteiger partial charge in [0, 0.05) is 0 Å². The maximum Gasteiger partial charge on any atom is 0.309 e. The van der Waals surface area contributed by atoms with Crippen LogP contribution in [-0.4, -0.2) is 11.1 Å². The molecule has 0 saturated heterocycles. The van der Waals surface area contributed by atoms with E-state index < -0.39 is 11.4 Å². The van der Waals surface area contributed by atoms with Crippen LogP contribution in [0.25, 0.3) is 0 Å². The van der Waals surface area contributed by atoms with Crippen LogP contribution in [0.5, 0.6) is 0 Å². The zero-order chi connectivity index (χ0) is 13.1. The van der Waals surface area contributed by atoms with E-state index >= 15 is 0 Å². The van der Waals surface area contributed by atoms with E-state index in [1.807, 2.05) is 13.8 Å². The molecule has 1 unspecified atom stereocenters. The topological polar surface area (TPSA) is 37.3 Å². The van der Waals surface area contributed by atoms with Gasteiger partial charge in [0.15, 0.2) is 0 Å². The van der Waals surface area contributed by atoms with Crippen molar-refractivity contribution in [3.8, 4) is 0 Å². The fourth-order valence-electron chi connectivity index (χ4n) is 5.46. The molecule has 4 bridgehead atoms. The Hall–Kier alpha value is -0.530. The Morgan fingerprint density at radius 1 is 1.06 bits per heavy atom. The van der Waals surface area contributed by atoms with Crippen LogP contribution in [0.3, 0.4) is 0 Å². The van der Waals surface area contributed by atoms with Gasteiger partial charge in [0.2, 0.25) is 0 Å². The van der Waals surface area contributed by atoms with Crippen LogP contribution in [0.15, 0.2) is 0 Å². The van der Waals surface area contributed by atoms with Crippen LogP contribution in [0, 0.1) is 40.9 Å². The first-order valence-corrected chi connectivity index (χ1v) is 7.63. The van der Waals surface area contributed by atoms with Gasteiger partial charge in [-0.2, -0.15) is 0 Å². The van der Waals surface area contributed by atoms with Gasteiger partial charge in [0.1, 0.15) is 0 Å². The van der Waals surface area contributed by atoms with Crippen molar-refractivity contribution in [3.05, 3.63) is 0 Å². The minimum Gasteiger partial charge on any atom is -0.481 e. The summed E-state index contributed by atoms with van der Waals surface area (Å²) in [7, 11) is 0. The summed E-state index contributed by atoms with van der Waals surface area (Å²) in [6.07, 6.45) is 7.02. The lowest BCUT2D eigenvalue weighted by atomic mass is 9.48. The molecule has 4 fully saturated rings. The molecule has 102 valence electrons. The summed E-state index contributed by atoms with van der Waals surface area (Å²) in [5.74, 6) is 3.97. The van der Waals surface area contributed by atoms with Crippen LogP contribution in [0.2, 0.25) is 0 Å². The van der Waals surface area contributed by atoms with E-state index in [4.69, 9.17) is 0 Å². The van der Waals surface area contributed by atoms with Crippen molar-refractivity contribution in [2.75, 3.05) is 0 Å². The van der Waals surface area contributed by atoms with Crippen molar-refractivity contribution in [3.63, 3.8) is 0 Å². The number of hydrogen-bond donors (Lipinski definition) is 1. The standard InChI is InChI=1S/C16H26O2/c1-9(16(2,3)15(17)18)14-12-5-10-4-11(7-12)8-13(14)6-10/h9-14H,4-8H2,1-3H3,(H,17,18). The number of carboxylic acid groups (broad SMARTS) is 1. The highest BCUT2D eigenvalue weighted by molar-refractivity contribution is 5.74. The molecule has 0 aliphatic heterocycles. The molecular weight excluding hydrogens is 224 g/mol. The molecule has 1 N–H and O–H groups in total. The second-order valence-electron chi connectivity index (χ2n) is 7.82. The fraction of sp³-hybridized carbons (Fsp3) is 0.938. The molecule has 18 heavy (non-hydrogen) atoms. The molecule has 0 amide bonds. The quantitative estimate of drug-likeness (QED) is 0.827. The molecule has 4 aliphatic carbocycles. The zero-order valence-electron chi connectivity index (χ0n) is 11.9. The molecule has 0 heterocycles. The van der Waals surface area contributed by atoms with Crippen molar-refractivity contribution >= 4 is 5.97 Å². The summed E-state index contributed by atoms with van der Waals surface area (Å²) in [6, 6.07) is 0. The van der Waals surface area contributed by atoms with Gasteiger partial charge in [-0.15, -0.1) is 0 Å². The second kappa shape index (κ2) is 3.98. The van der Waals surface area contributed by atoms with Gasteiger partial charge in [-0.1, -0.05) is 6.92 Å². The van der Waals surface area contributed by atoms with E-state index in [-0.39, 0.29) is 0 Å². The van der Waals surface area contributed by atoms with Crippen molar-refractivity contribution in [1.82, 2.24) is 0 Å². The van der Waals surface area contributed by atoms with Gasteiger partial charge in [-0.05, 0) is 81.5 Å². The summed E-state index contributed by atoms with van der Waals surface area (Å²) in [6.45, 7) is 6.04. The molecule has 2 heteroatoms. The van der Waals surface area contributed by atoms with E-state index in [0.29, 0.717) is 11.8 Å². The third kappa shape index (κ3) is 1.71. The highest BCUT2D eigenvalue weighted by atomic mass is 16.4. The Balaban J connectivity index is 1.82. The maximum atomic E-state index is 11.5. The van der Waals surface area contributed by atoms with Crippen LogP contribution in [0.4, 0.5) is 0 Å². The van der Waals surface area contributed by atoms with Crippen molar-refractivity contribution < 1.29 is 9.90 Å². The molecule has 2 nitrogen and oxygen atoms in total. The van der Waals surface area contributed by atoms with Gasteiger partial charge in [0.05, 0.1) is 5.41 Å². The molecule has 1 atom stereocenters. The van der Waals surface area contributed by atoms with Crippen LogP contribution in [0.1, 0.15) is 52.9 Å². The van der Waals surface area contributed by atoms with Crippen LogP contribution >= 0.6 is 0 Å². The van der Waals surface area contributed by atoms with E-state index in [9.17, 15) is 9.90 Å². The number of hydrogen-bond acceptors (Lipinski definition) is 1. The Morgan fingerprint density at radius 3 is 1.89 bits per heavy atom. The first-order valence-electron chi connectivity index (χ1n) is 7.63. The first-order chi connectivity index (χ1) is 8.39. The number of aliphatic carboxylic acids is 1. The SMILES string of the molecule is CC(C1C2CC3CC(C2)CC1C3)C(C)(C)C(=O)O. The molecule has 0 aromatic heterocycles. The molecule has 0 aromatic rings. The molecule has 4 aliphatic rings. The molecule has 4 rings (SSSR count). The smallest absolute Gasteiger partial charge is 0.309 e. The summed E-state index contributed by atoms with van der Waals surface area (Å²) in [4.78, 5) is 11.5. The number of carbonyl (C=O) groups is 1. The predicted octanol–water partition coefficient (Wildman–Crippen LogP) is 3.81. The molecular formula is C16H26O2. The summed E-state index contributed by atoms with van der Waals surface area (Å²) in [5.41, 5.74) is -0.569. The monoisotopic (exact) mass is 250 g/mol. The third-order valence-corrected chi connectivity index (χ3v) is 6.57. The highest BCUT2D eigenvalue weighted by Crippen LogP contribution is 2.60. The van der Waals surface area contributed by atoms with E-state index in [2.05, 4.69) is 6.92 Å². The average molecular weight is 250 g/mol. The molecule has 0 spiro atoms. The van der Waals surface area contributed by atoms with Crippen molar-refractivity contribution in [2.45, 2.75) is 52.9 Å². The normalized spacial score (nSPS) is 44.1. The van der Waals surface area contributed by atoms with Crippen LogP contribution < -0.4 is 0 Å². The lowest BCUT2D eigenvalue weighted by molar-refractivity contribution is -0.156. The number of carboxylic acids is 1. The van der Waals surface area contributed by atoms with Gasteiger partial charge >= 0.3 is 5.97 Å². The predicted molar refractivity (Wildman–Crippen MR) is 71.1 cm³/mol. The minimum atomic E-state index is -0.621. The van der Waals surface area contributed by atoms with Crippen molar-refractivity contribution in [2.24, 2.45) is 40.9 Å². The van der Waals surface area contributed by atoms with E-state index in [1.165, 1.54) is 32.1 Å². The second-order valence-corrected chi connectivity index (χ2v) is 7.82. The Morgan fingerprint density at radius 2 is 1.50 bits per heavy atom. The summed E-state index contributed by atoms with van der Waals surface area (Å²) >= 11 is 0. The minimum absolute atomic E-state index is 0.310. The van der Waals surface area contributed by atoms with Crippen LogP contribution in [-0.2, 0) is 4.79 Å². The summed E-state index contributed by atoms with van der Waals surface area (Å²) < 4.78 is 0. The first kappa shape index (κ1) is 12.5. The van der Waals surface area contributed by atoms with Gasteiger partial charge in [0.25, 0.3) is 0 Å². The fourth-order valence-corrected chi connectivity index (χ4v) is 5.46. The highest BCUT2D eigenvalue weighted by Gasteiger charge is 2.53. The number of rotatable bonds is 3. The van der Waals surface area contributed by atoms with Gasteiger partial charge < -0.3 is 5.11 Å². The Labute approximate surface area is 110 Å². The molecule has 0 aromatic carbocycles.